The lowest BCUT2D eigenvalue weighted by molar-refractivity contribution is 0.0699. The predicted molar refractivity (Wildman–Crippen MR) is 79.0 cm³/mol. The van der Waals surface area contributed by atoms with Crippen molar-refractivity contribution in [2.45, 2.75) is 38.1 Å². The van der Waals surface area contributed by atoms with E-state index in [1.165, 1.54) is 19.3 Å². The molecule has 1 fully saturated rings. The van der Waals surface area contributed by atoms with Crippen LogP contribution in [0.1, 0.15) is 32.6 Å². The topological polar surface area (TPSA) is 74.9 Å². The third kappa shape index (κ3) is 4.97. The summed E-state index contributed by atoms with van der Waals surface area (Å²) in [5.41, 5.74) is 2.86. The highest BCUT2D eigenvalue weighted by atomic mass is 16.5. The maximum Gasteiger partial charge on any atom is 0.205 e. The van der Waals surface area contributed by atoms with E-state index >= 15 is 0 Å². The number of nitrogens with zero attached hydrogens (tertiary/aromatic N) is 2. The van der Waals surface area contributed by atoms with Crippen molar-refractivity contribution >= 4 is 5.96 Å². The number of aliphatic imine (C=N–C) groups is 1. The minimum atomic E-state index is 0.231. The molecule has 1 saturated carbocycles. The summed E-state index contributed by atoms with van der Waals surface area (Å²) in [6.07, 6.45) is 4.67. The van der Waals surface area contributed by atoms with Crippen LogP contribution in [0.25, 0.3) is 0 Å². The van der Waals surface area contributed by atoms with Gasteiger partial charge in [0.1, 0.15) is 0 Å². The van der Waals surface area contributed by atoms with Gasteiger partial charge in [0.15, 0.2) is 0 Å². The van der Waals surface area contributed by atoms with Crippen molar-refractivity contribution in [1.82, 2.24) is 15.6 Å². The molecule has 112 valence electrons. The SMILES string of the molecule is CCOCCCNC(=NCC1(N(C)C)CCC1)NN. The fourth-order valence-electron chi connectivity index (χ4n) is 2.24. The van der Waals surface area contributed by atoms with E-state index in [0.29, 0.717) is 5.96 Å². The maximum atomic E-state index is 5.49. The van der Waals surface area contributed by atoms with Crippen LogP contribution in [0, 0.1) is 0 Å². The van der Waals surface area contributed by atoms with Crippen molar-refractivity contribution in [2.24, 2.45) is 10.8 Å². The first-order valence-electron chi connectivity index (χ1n) is 7.15. The van der Waals surface area contributed by atoms with Gasteiger partial charge < -0.3 is 15.0 Å². The number of hydrogen-bond donors (Lipinski definition) is 3. The van der Waals surface area contributed by atoms with Crippen LogP contribution < -0.4 is 16.6 Å². The molecular weight excluding hydrogens is 242 g/mol. The molecule has 6 nitrogen and oxygen atoms in total. The lowest BCUT2D eigenvalue weighted by Gasteiger charge is -2.46. The number of likely N-dealkylation sites (N-methyl/N-ethyl adjacent to an activating group) is 1. The van der Waals surface area contributed by atoms with Crippen LogP contribution in [-0.2, 0) is 4.74 Å². The lowest BCUT2D eigenvalue weighted by atomic mass is 9.76. The fraction of sp³-hybridized carbons (Fsp3) is 0.923. The number of hydrazine groups is 1. The predicted octanol–water partition coefficient (Wildman–Crippen LogP) is 0.306. The first kappa shape index (κ1) is 16.2. The minimum Gasteiger partial charge on any atom is -0.382 e. The monoisotopic (exact) mass is 271 g/mol. The Labute approximate surface area is 116 Å². The third-order valence-corrected chi connectivity index (χ3v) is 3.86. The molecule has 0 saturated heterocycles. The summed E-state index contributed by atoms with van der Waals surface area (Å²) < 4.78 is 5.28. The van der Waals surface area contributed by atoms with Gasteiger partial charge in [0.25, 0.3) is 0 Å². The summed E-state index contributed by atoms with van der Waals surface area (Å²) >= 11 is 0. The highest BCUT2D eigenvalue weighted by Crippen LogP contribution is 2.36. The quantitative estimate of drug-likeness (QED) is 0.195. The van der Waals surface area contributed by atoms with Crippen LogP contribution in [0.2, 0.25) is 0 Å². The van der Waals surface area contributed by atoms with Crippen LogP contribution in [0.4, 0.5) is 0 Å². The van der Waals surface area contributed by atoms with E-state index in [2.05, 4.69) is 34.7 Å². The molecule has 0 aromatic carbocycles. The Bertz CT molecular complexity index is 276. The van der Waals surface area contributed by atoms with Crippen molar-refractivity contribution in [2.75, 3.05) is 40.4 Å². The summed E-state index contributed by atoms with van der Waals surface area (Å²) in [5.74, 6) is 6.16. The number of rotatable bonds is 8. The molecule has 0 aromatic rings. The summed E-state index contributed by atoms with van der Waals surface area (Å²) in [7, 11) is 4.25. The van der Waals surface area contributed by atoms with Crippen molar-refractivity contribution < 1.29 is 4.74 Å². The molecule has 6 heteroatoms. The Kier molecular flexibility index (Phi) is 7.12. The van der Waals surface area contributed by atoms with Gasteiger partial charge in [-0.05, 0) is 46.7 Å². The number of guanidine groups is 1. The highest BCUT2D eigenvalue weighted by Gasteiger charge is 2.38. The molecule has 0 radical (unpaired) electrons. The average molecular weight is 271 g/mol. The van der Waals surface area contributed by atoms with Gasteiger partial charge in [-0.3, -0.25) is 10.4 Å². The van der Waals surface area contributed by atoms with Gasteiger partial charge >= 0.3 is 0 Å². The molecule has 0 amide bonds. The Morgan fingerprint density at radius 1 is 1.42 bits per heavy atom. The molecule has 0 heterocycles. The van der Waals surface area contributed by atoms with Gasteiger partial charge in [-0.15, -0.1) is 0 Å². The first-order valence-corrected chi connectivity index (χ1v) is 7.15. The maximum absolute atomic E-state index is 5.49. The second-order valence-electron chi connectivity index (χ2n) is 5.26. The molecule has 1 aliphatic carbocycles. The Balaban J connectivity index is 2.31. The molecule has 1 rings (SSSR count). The van der Waals surface area contributed by atoms with Crippen molar-refractivity contribution in [3.8, 4) is 0 Å². The smallest absolute Gasteiger partial charge is 0.205 e. The molecule has 0 atom stereocenters. The van der Waals surface area contributed by atoms with E-state index in [-0.39, 0.29) is 5.54 Å². The number of hydrogen-bond acceptors (Lipinski definition) is 4. The molecular formula is C13H29N5O. The Morgan fingerprint density at radius 2 is 2.16 bits per heavy atom. The fourth-order valence-corrected chi connectivity index (χ4v) is 2.24. The van der Waals surface area contributed by atoms with E-state index in [0.717, 1.165) is 32.7 Å². The van der Waals surface area contributed by atoms with E-state index in [1.54, 1.807) is 0 Å². The molecule has 19 heavy (non-hydrogen) atoms. The molecule has 0 spiro atoms. The van der Waals surface area contributed by atoms with Gasteiger partial charge in [0, 0.05) is 25.3 Å². The van der Waals surface area contributed by atoms with Crippen LogP contribution in [0.3, 0.4) is 0 Å². The van der Waals surface area contributed by atoms with Crippen LogP contribution in [-0.4, -0.2) is 56.8 Å². The zero-order chi connectivity index (χ0) is 14.1. The van der Waals surface area contributed by atoms with E-state index in [9.17, 15) is 0 Å². The summed E-state index contributed by atoms with van der Waals surface area (Å²) in [4.78, 5) is 6.84. The lowest BCUT2D eigenvalue weighted by Crippen LogP contribution is -2.53. The van der Waals surface area contributed by atoms with E-state index in [1.807, 2.05) is 6.92 Å². The first-order chi connectivity index (χ1) is 9.14. The summed E-state index contributed by atoms with van der Waals surface area (Å²) in [5, 5.41) is 3.20. The minimum absolute atomic E-state index is 0.231. The summed E-state index contributed by atoms with van der Waals surface area (Å²) in [6.45, 7) is 5.14. The van der Waals surface area contributed by atoms with Gasteiger partial charge in [0.05, 0.1) is 6.54 Å². The van der Waals surface area contributed by atoms with E-state index < -0.39 is 0 Å². The van der Waals surface area contributed by atoms with Gasteiger partial charge in [-0.2, -0.15) is 0 Å². The standard InChI is InChI=1S/C13H29N5O/c1-4-19-10-6-9-15-12(17-14)16-11-13(18(2)3)7-5-8-13/h4-11,14H2,1-3H3,(H2,15,16,17). The molecule has 4 N–H and O–H groups in total. The number of nitrogens with two attached hydrogens (primary N) is 1. The normalized spacial score (nSPS) is 18.3. The van der Waals surface area contributed by atoms with Gasteiger partial charge in [-0.25, -0.2) is 5.84 Å². The van der Waals surface area contributed by atoms with Crippen molar-refractivity contribution in [1.29, 1.82) is 0 Å². The largest absolute Gasteiger partial charge is 0.382 e. The molecule has 1 aliphatic rings. The third-order valence-electron chi connectivity index (χ3n) is 3.86. The van der Waals surface area contributed by atoms with E-state index in [4.69, 9.17) is 10.6 Å². The van der Waals surface area contributed by atoms with Crippen LogP contribution in [0.5, 0.6) is 0 Å². The average Bonchev–Trinajstić information content (AvgIpc) is 2.34. The van der Waals surface area contributed by atoms with Gasteiger partial charge in [-0.1, -0.05) is 0 Å². The molecule has 0 unspecified atom stereocenters. The zero-order valence-corrected chi connectivity index (χ0v) is 12.5. The second-order valence-corrected chi connectivity index (χ2v) is 5.26. The Hall–Kier alpha value is -0.850. The second kappa shape index (κ2) is 8.35. The van der Waals surface area contributed by atoms with Crippen molar-refractivity contribution in [3.63, 3.8) is 0 Å². The van der Waals surface area contributed by atoms with Crippen LogP contribution >= 0.6 is 0 Å². The van der Waals surface area contributed by atoms with Gasteiger partial charge in [0.2, 0.25) is 5.96 Å². The number of ether oxygens (including phenoxy) is 1. The molecule has 0 aromatic heterocycles. The highest BCUT2D eigenvalue weighted by molar-refractivity contribution is 5.79. The zero-order valence-electron chi connectivity index (χ0n) is 12.5. The Morgan fingerprint density at radius 3 is 2.63 bits per heavy atom. The summed E-state index contributed by atoms with van der Waals surface area (Å²) in [6, 6.07) is 0. The van der Waals surface area contributed by atoms with Crippen LogP contribution in [0.15, 0.2) is 4.99 Å². The molecule has 0 aliphatic heterocycles. The molecule has 0 bridgehead atoms. The van der Waals surface area contributed by atoms with Crippen molar-refractivity contribution in [3.05, 3.63) is 0 Å². The number of nitrogens with one attached hydrogen (secondary N) is 2.